The minimum atomic E-state index is -4.38. The van der Waals surface area contributed by atoms with Gasteiger partial charge in [0.2, 0.25) is 5.13 Å². The third-order valence-corrected chi connectivity index (χ3v) is 6.62. The van der Waals surface area contributed by atoms with Crippen LogP contribution in [-0.2, 0) is 11.9 Å². The number of nitrogens with zero attached hydrogens (tertiary/aromatic N) is 6. The molecule has 0 spiro atoms. The molecular formula is C17H18F3N7S2. The summed E-state index contributed by atoms with van der Waals surface area (Å²) < 4.78 is 40.4. The van der Waals surface area contributed by atoms with Crippen LogP contribution in [0.3, 0.4) is 0 Å². The molecule has 29 heavy (non-hydrogen) atoms. The second-order valence-electron chi connectivity index (χ2n) is 6.69. The van der Waals surface area contributed by atoms with Gasteiger partial charge < -0.3 is 5.32 Å². The van der Waals surface area contributed by atoms with Gasteiger partial charge >= 0.3 is 6.18 Å². The van der Waals surface area contributed by atoms with Gasteiger partial charge in [-0.15, -0.1) is 15.3 Å². The van der Waals surface area contributed by atoms with Crippen LogP contribution in [0.5, 0.6) is 0 Å². The predicted molar refractivity (Wildman–Crippen MR) is 104 cm³/mol. The lowest BCUT2D eigenvalue weighted by Gasteiger charge is -2.21. The van der Waals surface area contributed by atoms with Crippen molar-refractivity contribution in [1.29, 1.82) is 0 Å². The number of hydrogen-bond acceptors (Lipinski definition) is 8. The smallest absolute Gasteiger partial charge is 0.357 e. The van der Waals surface area contributed by atoms with Gasteiger partial charge in [-0.05, 0) is 47.5 Å². The second kappa shape index (κ2) is 8.66. The maximum Gasteiger partial charge on any atom is 0.416 e. The summed E-state index contributed by atoms with van der Waals surface area (Å²) in [5.41, 5.74) is -0.243. The highest BCUT2D eigenvalue weighted by Crippen LogP contribution is 2.31. The maximum absolute atomic E-state index is 12.7. The molecule has 0 atom stereocenters. The van der Waals surface area contributed by atoms with Crippen molar-refractivity contribution in [1.82, 2.24) is 30.4 Å². The highest BCUT2D eigenvalue weighted by atomic mass is 32.2. The van der Waals surface area contributed by atoms with Crippen molar-refractivity contribution >= 4 is 28.2 Å². The average molecular weight is 442 g/mol. The molecule has 0 aliphatic heterocycles. The van der Waals surface area contributed by atoms with Crippen LogP contribution in [0.2, 0.25) is 0 Å². The number of thioether (sulfide) groups is 1. The molecule has 2 heterocycles. The van der Waals surface area contributed by atoms with Crippen molar-refractivity contribution in [3.63, 3.8) is 0 Å². The van der Waals surface area contributed by atoms with Crippen molar-refractivity contribution in [2.24, 2.45) is 0 Å². The highest BCUT2D eigenvalue weighted by molar-refractivity contribution is 8.00. The van der Waals surface area contributed by atoms with Crippen LogP contribution < -0.4 is 5.32 Å². The fraction of sp³-hybridized carbons (Fsp3) is 0.471. The number of aromatic nitrogens is 6. The molecule has 1 aliphatic rings. The van der Waals surface area contributed by atoms with Crippen molar-refractivity contribution in [2.75, 3.05) is 5.32 Å². The van der Waals surface area contributed by atoms with Crippen LogP contribution in [0.25, 0.3) is 5.69 Å². The molecule has 154 valence electrons. The minimum Gasteiger partial charge on any atom is -0.357 e. The van der Waals surface area contributed by atoms with E-state index in [0.717, 1.165) is 34.4 Å². The molecule has 1 aromatic carbocycles. The number of halogens is 3. The Hall–Kier alpha value is -2.21. The summed E-state index contributed by atoms with van der Waals surface area (Å²) >= 11 is 2.92. The van der Waals surface area contributed by atoms with E-state index in [0.29, 0.717) is 23.3 Å². The molecule has 0 unspecified atom stereocenters. The van der Waals surface area contributed by atoms with E-state index in [2.05, 4.69) is 31.0 Å². The molecule has 0 bridgehead atoms. The monoisotopic (exact) mass is 441 g/mol. The van der Waals surface area contributed by atoms with E-state index >= 15 is 0 Å². The summed E-state index contributed by atoms with van der Waals surface area (Å²) in [5.74, 6) is 0.943. The first-order valence-corrected chi connectivity index (χ1v) is 11.0. The SMILES string of the molecule is FC(F)(F)c1ccc(-n2nnnc2CSc2nnc(NC3CCCCC3)s2)cc1. The summed E-state index contributed by atoms with van der Waals surface area (Å²) in [6, 6.07) is 5.19. The molecule has 7 nitrogen and oxygen atoms in total. The normalized spacial score (nSPS) is 15.6. The summed E-state index contributed by atoms with van der Waals surface area (Å²) in [6.45, 7) is 0. The number of hydrogen-bond donors (Lipinski definition) is 1. The standard InChI is InChI=1S/C17H18F3N7S2/c18-17(19,20)11-6-8-13(9-7-11)27-14(22-25-26-27)10-28-16-24-23-15(29-16)21-12-4-2-1-3-5-12/h6-9,12H,1-5,10H2,(H,21,23). The Morgan fingerprint density at radius 2 is 1.83 bits per heavy atom. The zero-order chi connectivity index (χ0) is 20.3. The van der Waals surface area contributed by atoms with Gasteiger partial charge in [0.1, 0.15) is 0 Å². The average Bonchev–Trinajstić information content (AvgIpc) is 3.36. The molecule has 12 heteroatoms. The first-order valence-electron chi connectivity index (χ1n) is 9.17. The van der Waals surface area contributed by atoms with Crippen LogP contribution >= 0.6 is 23.1 Å². The molecule has 1 N–H and O–H groups in total. The zero-order valence-corrected chi connectivity index (χ0v) is 16.9. The Kier molecular flexibility index (Phi) is 5.99. The molecule has 3 aromatic rings. The zero-order valence-electron chi connectivity index (χ0n) is 15.3. The summed E-state index contributed by atoms with van der Waals surface area (Å²) in [4.78, 5) is 0. The van der Waals surface area contributed by atoms with Gasteiger partial charge in [0.25, 0.3) is 0 Å². The lowest BCUT2D eigenvalue weighted by atomic mass is 9.96. The van der Waals surface area contributed by atoms with Crippen LogP contribution in [0.4, 0.5) is 18.3 Å². The van der Waals surface area contributed by atoms with Gasteiger partial charge in [-0.2, -0.15) is 17.9 Å². The Morgan fingerprint density at radius 3 is 2.55 bits per heavy atom. The summed E-state index contributed by atoms with van der Waals surface area (Å²) in [6.07, 6.45) is 1.71. The fourth-order valence-electron chi connectivity index (χ4n) is 3.16. The third kappa shape index (κ3) is 5.04. The van der Waals surface area contributed by atoms with Crippen molar-refractivity contribution in [3.8, 4) is 5.69 Å². The molecule has 1 saturated carbocycles. The van der Waals surface area contributed by atoms with Crippen molar-refractivity contribution in [3.05, 3.63) is 35.7 Å². The van der Waals surface area contributed by atoms with Gasteiger partial charge in [0, 0.05) is 6.04 Å². The third-order valence-electron chi connectivity index (χ3n) is 4.64. The number of nitrogens with one attached hydrogen (secondary N) is 1. The number of tetrazole rings is 1. The Morgan fingerprint density at radius 1 is 1.07 bits per heavy atom. The van der Waals surface area contributed by atoms with Gasteiger partial charge in [0.15, 0.2) is 10.2 Å². The quantitative estimate of drug-likeness (QED) is 0.561. The van der Waals surface area contributed by atoms with Crippen LogP contribution in [-0.4, -0.2) is 36.4 Å². The van der Waals surface area contributed by atoms with Gasteiger partial charge in [-0.3, -0.25) is 0 Å². The molecular weight excluding hydrogens is 423 g/mol. The van der Waals surface area contributed by atoms with Crippen molar-refractivity contribution < 1.29 is 13.2 Å². The van der Waals surface area contributed by atoms with E-state index in [-0.39, 0.29) is 0 Å². The molecule has 0 saturated heterocycles. The Balaban J connectivity index is 1.38. The number of rotatable bonds is 6. The molecule has 1 fully saturated rings. The lowest BCUT2D eigenvalue weighted by Crippen LogP contribution is -2.21. The Bertz CT molecular complexity index is 933. The number of alkyl halides is 3. The van der Waals surface area contributed by atoms with Crippen LogP contribution in [0.1, 0.15) is 43.5 Å². The summed E-state index contributed by atoms with van der Waals surface area (Å²) in [7, 11) is 0. The van der Waals surface area contributed by atoms with E-state index in [1.807, 2.05) is 0 Å². The van der Waals surface area contributed by atoms with E-state index in [9.17, 15) is 13.2 Å². The minimum absolute atomic E-state index is 0.423. The van der Waals surface area contributed by atoms with E-state index in [1.165, 1.54) is 59.2 Å². The fourth-order valence-corrected chi connectivity index (χ4v) is 4.90. The van der Waals surface area contributed by atoms with Crippen LogP contribution in [0, 0.1) is 0 Å². The lowest BCUT2D eigenvalue weighted by molar-refractivity contribution is -0.137. The van der Waals surface area contributed by atoms with Crippen molar-refractivity contribution in [2.45, 2.75) is 54.4 Å². The predicted octanol–water partition coefficient (Wildman–Crippen LogP) is 4.57. The first-order chi connectivity index (χ1) is 14.0. The Labute approximate surface area is 173 Å². The van der Waals surface area contributed by atoms with Gasteiger partial charge in [-0.1, -0.05) is 42.4 Å². The first kappa shape index (κ1) is 20.1. The topological polar surface area (TPSA) is 81.4 Å². The van der Waals surface area contributed by atoms with Crippen LogP contribution in [0.15, 0.2) is 28.6 Å². The van der Waals surface area contributed by atoms with E-state index in [4.69, 9.17) is 0 Å². The molecule has 4 rings (SSSR count). The molecule has 0 amide bonds. The molecule has 0 radical (unpaired) electrons. The van der Waals surface area contributed by atoms with Gasteiger partial charge in [0.05, 0.1) is 17.0 Å². The number of benzene rings is 1. The van der Waals surface area contributed by atoms with E-state index < -0.39 is 11.7 Å². The maximum atomic E-state index is 12.7. The molecule has 2 aromatic heterocycles. The largest absolute Gasteiger partial charge is 0.416 e. The second-order valence-corrected chi connectivity index (χ2v) is 8.89. The molecule has 1 aliphatic carbocycles. The summed E-state index contributed by atoms with van der Waals surface area (Å²) in [5, 5.41) is 24.1. The van der Waals surface area contributed by atoms with Gasteiger partial charge in [-0.25, -0.2) is 0 Å². The number of anilines is 1. The van der Waals surface area contributed by atoms with E-state index in [1.54, 1.807) is 0 Å². The highest BCUT2D eigenvalue weighted by Gasteiger charge is 2.30.